The molecule has 1 aliphatic heterocycles. The SMILES string of the molecule is O=C(Nc1ccc2c(c1)OCO2)c1ccc(Nc2ccccc2Cl)nn1. The van der Waals surface area contributed by atoms with Crippen molar-refractivity contribution in [1.82, 2.24) is 10.2 Å². The molecule has 0 atom stereocenters. The third-order valence-electron chi connectivity index (χ3n) is 3.66. The van der Waals surface area contributed by atoms with Gasteiger partial charge in [0.25, 0.3) is 5.91 Å². The first kappa shape index (κ1) is 16.2. The van der Waals surface area contributed by atoms with Crippen LogP contribution < -0.4 is 20.1 Å². The number of aromatic nitrogens is 2. The molecule has 0 unspecified atom stereocenters. The average molecular weight is 369 g/mol. The van der Waals surface area contributed by atoms with Gasteiger partial charge in [0.2, 0.25) is 6.79 Å². The maximum atomic E-state index is 12.3. The first-order valence-corrected chi connectivity index (χ1v) is 8.13. The van der Waals surface area contributed by atoms with Gasteiger partial charge in [-0.15, -0.1) is 10.2 Å². The van der Waals surface area contributed by atoms with E-state index in [1.54, 1.807) is 36.4 Å². The Labute approximate surface area is 153 Å². The molecule has 1 amide bonds. The van der Waals surface area contributed by atoms with E-state index in [-0.39, 0.29) is 18.4 Å². The number of carbonyl (C=O) groups excluding carboxylic acids is 1. The van der Waals surface area contributed by atoms with Gasteiger partial charge in [0, 0.05) is 11.8 Å². The number of nitrogens with one attached hydrogen (secondary N) is 2. The van der Waals surface area contributed by atoms with Crippen LogP contribution in [0.2, 0.25) is 5.02 Å². The lowest BCUT2D eigenvalue weighted by Gasteiger charge is -2.08. The van der Waals surface area contributed by atoms with Gasteiger partial charge in [-0.1, -0.05) is 23.7 Å². The predicted molar refractivity (Wildman–Crippen MR) is 97.3 cm³/mol. The van der Waals surface area contributed by atoms with E-state index in [2.05, 4.69) is 20.8 Å². The van der Waals surface area contributed by atoms with Gasteiger partial charge in [0.05, 0.1) is 10.7 Å². The molecule has 0 bridgehead atoms. The zero-order valence-corrected chi connectivity index (χ0v) is 14.2. The molecule has 0 spiro atoms. The summed E-state index contributed by atoms with van der Waals surface area (Å²) in [6.07, 6.45) is 0. The number of anilines is 3. The van der Waals surface area contributed by atoms with Crippen molar-refractivity contribution in [3.8, 4) is 11.5 Å². The summed E-state index contributed by atoms with van der Waals surface area (Å²) < 4.78 is 10.5. The highest BCUT2D eigenvalue weighted by Gasteiger charge is 2.15. The Morgan fingerprint density at radius 1 is 1.00 bits per heavy atom. The summed E-state index contributed by atoms with van der Waals surface area (Å²) in [7, 11) is 0. The van der Waals surface area contributed by atoms with Crippen molar-refractivity contribution in [3.05, 3.63) is 65.3 Å². The highest BCUT2D eigenvalue weighted by Crippen LogP contribution is 2.34. The standard InChI is InChI=1S/C18H13ClN4O3/c19-12-3-1-2-4-13(12)21-17-8-6-14(22-23-17)18(24)20-11-5-7-15-16(9-11)26-10-25-15/h1-9H,10H2,(H,20,24)(H,21,23). The smallest absolute Gasteiger partial charge is 0.276 e. The van der Waals surface area contributed by atoms with E-state index < -0.39 is 0 Å². The van der Waals surface area contributed by atoms with Crippen molar-refractivity contribution in [3.63, 3.8) is 0 Å². The molecule has 26 heavy (non-hydrogen) atoms. The van der Waals surface area contributed by atoms with Gasteiger partial charge in [0.15, 0.2) is 23.0 Å². The number of benzene rings is 2. The number of fused-ring (bicyclic) bond motifs is 1. The van der Waals surface area contributed by atoms with Gasteiger partial charge in [-0.2, -0.15) is 0 Å². The van der Waals surface area contributed by atoms with Crippen molar-refractivity contribution < 1.29 is 14.3 Å². The Morgan fingerprint density at radius 2 is 1.85 bits per heavy atom. The largest absolute Gasteiger partial charge is 0.454 e. The second kappa shape index (κ2) is 6.89. The highest BCUT2D eigenvalue weighted by molar-refractivity contribution is 6.33. The van der Waals surface area contributed by atoms with Crippen molar-refractivity contribution in [2.24, 2.45) is 0 Å². The summed E-state index contributed by atoms with van der Waals surface area (Å²) in [5.74, 6) is 1.35. The van der Waals surface area contributed by atoms with Crippen LogP contribution in [-0.4, -0.2) is 22.9 Å². The maximum absolute atomic E-state index is 12.3. The molecule has 1 aliphatic rings. The Kier molecular flexibility index (Phi) is 4.28. The quantitative estimate of drug-likeness (QED) is 0.727. The molecule has 130 valence electrons. The maximum Gasteiger partial charge on any atom is 0.276 e. The first-order valence-electron chi connectivity index (χ1n) is 7.75. The van der Waals surface area contributed by atoms with Crippen molar-refractivity contribution >= 4 is 34.7 Å². The van der Waals surface area contributed by atoms with Crippen molar-refractivity contribution in [2.45, 2.75) is 0 Å². The normalized spacial score (nSPS) is 11.9. The third kappa shape index (κ3) is 3.38. The molecule has 1 aromatic heterocycles. The van der Waals surface area contributed by atoms with Crippen molar-refractivity contribution in [1.29, 1.82) is 0 Å². The number of rotatable bonds is 4. The van der Waals surface area contributed by atoms with Crippen LogP contribution in [0.3, 0.4) is 0 Å². The van der Waals surface area contributed by atoms with Crippen LogP contribution in [0.1, 0.15) is 10.5 Å². The van der Waals surface area contributed by atoms with Crippen LogP contribution in [-0.2, 0) is 0 Å². The molecular weight excluding hydrogens is 356 g/mol. The van der Waals surface area contributed by atoms with E-state index in [9.17, 15) is 4.79 Å². The number of hydrogen-bond donors (Lipinski definition) is 2. The highest BCUT2D eigenvalue weighted by atomic mass is 35.5. The Hall–Kier alpha value is -3.32. The van der Waals surface area contributed by atoms with Crippen LogP contribution in [0.15, 0.2) is 54.6 Å². The van der Waals surface area contributed by atoms with Crippen LogP contribution >= 0.6 is 11.6 Å². The van der Waals surface area contributed by atoms with Crippen molar-refractivity contribution in [2.75, 3.05) is 17.4 Å². The number of ether oxygens (including phenoxy) is 2. The molecule has 4 rings (SSSR count). The predicted octanol–water partition coefficient (Wildman–Crippen LogP) is 3.85. The topological polar surface area (TPSA) is 85.4 Å². The first-order chi connectivity index (χ1) is 12.7. The molecule has 0 radical (unpaired) electrons. The van der Waals surface area contributed by atoms with Gasteiger partial charge >= 0.3 is 0 Å². The van der Waals surface area contributed by atoms with Crippen LogP contribution in [0.5, 0.6) is 11.5 Å². The minimum atomic E-state index is -0.374. The number of amides is 1. The summed E-state index contributed by atoms with van der Waals surface area (Å²) in [6.45, 7) is 0.179. The number of halogens is 1. The van der Waals surface area contributed by atoms with Gasteiger partial charge < -0.3 is 20.1 Å². The molecule has 2 aromatic carbocycles. The Morgan fingerprint density at radius 3 is 2.65 bits per heavy atom. The minimum absolute atomic E-state index is 0.179. The molecule has 0 fully saturated rings. The Balaban J connectivity index is 1.44. The van der Waals surface area contributed by atoms with E-state index in [1.807, 2.05) is 18.2 Å². The van der Waals surface area contributed by atoms with E-state index in [1.165, 1.54) is 0 Å². The lowest BCUT2D eigenvalue weighted by Crippen LogP contribution is -2.14. The monoisotopic (exact) mass is 368 g/mol. The zero-order valence-electron chi connectivity index (χ0n) is 13.4. The van der Waals surface area contributed by atoms with Gasteiger partial charge in [-0.3, -0.25) is 4.79 Å². The average Bonchev–Trinajstić information content (AvgIpc) is 3.12. The minimum Gasteiger partial charge on any atom is -0.454 e. The molecule has 0 aliphatic carbocycles. The van der Waals surface area contributed by atoms with E-state index in [0.717, 1.165) is 0 Å². The lowest BCUT2D eigenvalue weighted by atomic mass is 10.2. The fourth-order valence-electron chi connectivity index (χ4n) is 2.39. The zero-order chi connectivity index (χ0) is 17.9. The summed E-state index contributed by atoms with van der Waals surface area (Å²) in [4.78, 5) is 12.3. The molecule has 7 nitrogen and oxygen atoms in total. The molecule has 0 saturated heterocycles. The lowest BCUT2D eigenvalue weighted by molar-refractivity contribution is 0.102. The molecule has 0 saturated carbocycles. The molecule has 2 N–H and O–H groups in total. The van der Waals surface area contributed by atoms with Gasteiger partial charge in [0.1, 0.15) is 0 Å². The fraction of sp³-hybridized carbons (Fsp3) is 0.0556. The van der Waals surface area contributed by atoms with Crippen LogP contribution in [0.4, 0.5) is 17.2 Å². The molecule has 8 heteroatoms. The summed E-state index contributed by atoms with van der Waals surface area (Å²) in [6, 6.07) is 15.7. The fourth-order valence-corrected chi connectivity index (χ4v) is 2.57. The Bertz CT molecular complexity index is 963. The van der Waals surface area contributed by atoms with Gasteiger partial charge in [-0.25, -0.2) is 0 Å². The third-order valence-corrected chi connectivity index (χ3v) is 3.99. The molecule has 3 aromatic rings. The van der Waals surface area contributed by atoms with E-state index >= 15 is 0 Å². The number of para-hydroxylation sites is 1. The summed E-state index contributed by atoms with van der Waals surface area (Å²) in [5, 5.41) is 14.3. The number of nitrogens with zero attached hydrogens (tertiary/aromatic N) is 2. The van der Waals surface area contributed by atoms with Crippen LogP contribution in [0.25, 0.3) is 0 Å². The summed E-state index contributed by atoms with van der Waals surface area (Å²) >= 11 is 6.09. The van der Waals surface area contributed by atoms with Crippen LogP contribution in [0, 0.1) is 0 Å². The number of carbonyl (C=O) groups is 1. The van der Waals surface area contributed by atoms with E-state index in [4.69, 9.17) is 21.1 Å². The van der Waals surface area contributed by atoms with Gasteiger partial charge in [-0.05, 0) is 36.4 Å². The number of hydrogen-bond acceptors (Lipinski definition) is 6. The second-order valence-corrected chi connectivity index (χ2v) is 5.84. The second-order valence-electron chi connectivity index (χ2n) is 5.43. The molecule has 2 heterocycles. The molecular formula is C18H13ClN4O3. The van der Waals surface area contributed by atoms with E-state index in [0.29, 0.717) is 33.7 Å². The summed E-state index contributed by atoms with van der Waals surface area (Å²) in [5.41, 5.74) is 1.48.